The quantitative estimate of drug-likeness (QED) is 0.309. The molecule has 1 amide bonds. The number of rotatable bonds is 4. The van der Waals surface area contributed by atoms with E-state index in [0.717, 1.165) is 0 Å². The first-order valence-corrected chi connectivity index (χ1v) is 11.2. The molecule has 0 spiro atoms. The normalized spacial score (nSPS) is 15.2. The molecule has 0 unspecified atom stereocenters. The number of carbonyl (C=O) groups is 1. The van der Waals surface area contributed by atoms with Gasteiger partial charge < -0.3 is 14.5 Å². The van der Waals surface area contributed by atoms with E-state index in [1.807, 2.05) is 25.7 Å². The summed E-state index contributed by atoms with van der Waals surface area (Å²) in [6.45, 7) is 9.12. The number of azide groups is 1. The van der Waals surface area contributed by atoms with Gasteiger partial charge in [-0.05, 0) is 56.5 Å². The lowest BCUT2D eigenvalue weighted by Gasteiger charge is -2.37. The summed E-state index contributed by atoms with van der Waals surface area (Å²) < 4.78 is 28.5. The zero-order chi connectivity index (χ0) is 21.1. The molecule has 0 aliphatic carbocycles. The Kier molecular flexibility index (Phi) is 6.69. The van der Waals surface area contributed by atoms with Crippen LogP contribution in [0.15, 0.2) is 17.2 Å². The summed E-state index contributed by atoms with van der Waals surface area (Å²) in [5.41, 5.74) is 10.4. The lowest BCUT2D eigenvalue weighted by Crippen LogP contribution is -2.50. The van der Waals surface area contributed by atoms with Crippen molar-refractivity contribution in [3.63, 3.8) is 0 Å². The number of ether oxygens (including phenoxy) is 1. The number of halogens is 1. The molecule has 2 rings (SSSR count). The highest BCUT2D eigenvalue weighted by Gasteiger charge is 2.26. The van der Waals surface area contributed by atoms with Crippen molar-refractivity contribution in [3.05, 3.63) is 33.7 Å². The Morgan fingerprint density at radius 3 is 2.39 bits per heavy atom. The monoisotopic (exact) mass is 429 g/mol. The smallest absolute Gasteiger partial charge is 0.410 e. The zero-order valence-electron chi connectivity index (χ0n) is 16.3. The van der Waals surface area contributed by atoms with Gasteiger partial charge in [0.25, 0.3) is 0 Å². The summed E-state index contributed by atoms with van der Waals surface area (Å²) in [5.74, 6) is -0.361. The average Bonchev–Trinajstić information content (AvgIpc) is 2.56. The second-order valence-corrected chi connectivity index (χ2v) is 10.4. The highest BCUT2D eigenvalue weighted by atomic mass is 35.7. The lowest BCUT2D eigenvalue weighted by atomic mass is 10.1. The van der Waals surface area contributed by atoms with Gasteiger partial charge in [-0.1, -0.05) is 5.11 Å². The molecule has 28 heavy (non-hydrogen) atoms. The van der Waals surface area contributed by atoms with Crippen molar-refractivity contribution in [1.29, 1.82) is 0 Å². The van der Waals surface area contributed by atoms with Gasteiger partial charge in [-0.15, -0.1) is 0 Å². The van der Waals surface area contributed by atoms with Crippen molar-refractivity contribution in [2.45, 2.75) is 39.0 Å². The van der Waals surface area contributed by atoms with Gasteiger partial charge in [0, 0.05) is 53.1 Å². The highest BCUT2D eigenvalue weighted by molar-refractivity contribution is 8.13. The van der Waals surface area contributed by atoms with Crippen molar-refractivity contribution >= 4 is 37.2 Å². The van der Waals surface area contributed by atoms with E-state index in [4.69, 9.17) is 21.0 Å². The number of carbonyl (C=O) groups excluding carboxylic acids is 1. The van der Waals surface area contributed by atoms with Crippen molar-refractivity contribution in [2.75, 3.05) is 31.1 Å². The largest absolute Gasteiger partial charge is 0.444 e. The number of anilines is 1. The van der Waals surface area contributed by atoms with Crippen molar-refractivity contribution in [2.24, 2.45) is 5.11 Å². The molecule has 1 aliphatic heterocycles. The van der Waals surface area contributed by atoms with Crippen molar-refractivity contribution < 1.29 is 17.9 Å². The average molecular weight is 430 g/mol. The first kappa shape index (κ1) is 22.1. The van der Waals surface area contributed by atoms with Crippen LogP contribution in [-0.4, -0.2) is 51.2 Å². The van der Waals surface area contributed by atoms with Gasteiger partial charge in [0.05, 0.1) is 5.75 Å². The highest BCUT2D eigenvalue weighted by Crippen LogP contribution is 2.32. The van der Waals surface area contributed by atoms with Crippen LogP contribution in [0.4, 0.5) is 16.2 Å². The summed E-state index contributed by atoms with van der Waals surface area (Å²) >= 11 is 0. The molecular formula is C17H24ClN5O4S. The minimum atomic E-state index is -3.77. The van der Waals surface area contributed by atoms with E-state index in [0.29, 0.717) is 48.7 Å². The molecule has 0 bridgehead atoms. The fourth-order valence-electron chi connectivity index (χ4n) is 2.89. The summed E-state index contributed by atoms with van der Waals surface area (Å²) in [4.78, 5) is 18.6. The van der Waals surface area contributed by atoms with Crippen LogP contribution in [0, 0.1) is 6.92 Å². The molecule has 1 fully saturated rings. The Bertz CT molecular complexity index is 899. The maximum atomic E-state index is 12.2. The topological polar surface area (TPSA) is 116 Å². The number of benzene rings is 1. The van der Waals surface area contributed by atoms with Gasteiger partial charge in [-0.3, -0.25) is 0 Å². The minimum Gasteiger partial charge on any atom is -0.444 e. The molecule has 1 heterocycles. The Morgan fingerprint density at radius 1 is 1.29 bits per heavy atom. The van der Waals surface area contributed by atoms with Crippen LogP contribution in [0.1, 0.15) is 31.9 Å². The van der Waals surface area contributed by atoms with Crippen molar-refractivity contribution in [3.8, 4) is 0 Å². The molecule has 9 nitrogen and oxygen atoms in total. The first-order valence-electron chi connectivity index (χ1n) is 8.73. The first-order chi connectivity index (χ1) is 12.9. The van der Waals surface area contributed by atoms with Gasteiger partial charge in [-0.25, -0.2) is 13.2 Å². The van der Waals surface area contributed by atoms with E-state index in [1.165, 1.54) is 0 Å². The Balaban J connectivity index is 2.22. The van der Waals surface area contributed by atoms with Crippen LogP contribution in [0.3, 0.4) is 0 Å². The molecule has 1 saturated heterocycles. The van der Waals surface area contributed by atoms with Crippen LogP contribution in [0.2, 0.25) is 0 Å². The third-order valence-electron chi connectivity index (χ3n) is 4.25. The molecule has 0 N–H and O–H groups in total. The number of hydrogen-bond acceptors (Lipinski definition) is 6. The van der Waals surface area contributed by atoms with Crippen LogP contribution in [-0.2, 0) is 19.5 Å². The number of nitrogens with zero attached hydrogens (tertiary/aromatic N) is 5. The molecule has 0 aromatic heterocycles. The maximum Gasteiger partial charge on any atom is 0.410 e. The third-order valence-corrected chi connectivity index (χ3v) is 5.23. The predicted octanol–water partition coefficient (Wildman–Crippen LogP) is 4.06. The van der Waals surface area contributed by atoms with Crippen LogP contribution in [0.5, 0.6) is 0 Å². The summed E-state index contributed by atoms with van der Waals surface area (Å²) in [7, 11) is 1.64. The van der Waals surface area contributed by atoms with Gasteiger partial charge in [0.15, 0.2) is 0 Å². The predicted molar refractivity (Wildman–Crippen MR) is 108 cm³/mol. The SMILES string of the molecule is Cc1c(CS(=O)(=O)Cl)cc(N2CCN(C(=O)OC(C)(C)C)CC2)cc1N=[N+]=[N-]. The molecule has 1 aliphatic rings. The second kappa shape index (κ2) is 8.46. The van der Waals surface area contributed by atoms with E-state index < -0.39 is 14.7 Å². The van der Waals surface area contributed by atoms with E-state index in [1.54, 1.807) is 24.0 Å². The van der Waals surface area contributed by atoms with Gasteiger partial charge in [0.1, 0.15) is 5.60 Å². The van der Waals surface area contributed by atoms with Crippen LogP contribution in [0.25, 0.3) is 10.4 Å². The summed E-state index contributed by atoms with van der Waals surface area (Å²) in [6, 6.07) is 3.44. The fraction of sp³-hybridized carbons (Fsp3) is 0.588. The number of piperazine rings is 1. The Labute approximate surface area is 169 Å². The van der Waals surface area contributed by atoms with Gasteiger partial charge in [0.2, 0.25) is 9.05 Å². The Morgan fingerprint density at radius 2 is 1.89 bits per heavy atom. The molecule has 0 atom stereocenters. The molecule has 1 aromatic rings. The van der Waals surface area contributed by atoms with Crippen LogP contribution < -0.4 is 4.90 Å². The molecule has 0 radical (unpaired) electrons. The summed E-state index contributed by atoms with van der Waals surface area (Å²) in [5, 5.41) is 3.67. The van der Waals surface area contributed by atoms with E-state index in [9.17, 15) is 13.2 Å². The molecule has 11 heteroatoms. The maximum absolute atomic E-state index is 12.2. The fourth-order valence-corrected chi connectivity index (χ4v) is 3.91. The van der Waals surface area contributed by atoms with Crippen LogP contribution >= 0.6 is 10.7 Å². The molecule has 0 saturated carbocycles. The molecule has 154 valence electrons. The minimum absolute atomic E-state index is 0.352. The van der Waals surface area contributed by atoms with Gasteiger partial charge >= 0.3 is 6.09 Å². The Hall–Kier alpha value is -2.16. The van der Waals surface area contributed by atoms with E-state index in [-0.39, 0.29) is 11.8 Å². The zero-order valence-corrected chi connectivity index (χ0v) is 17.9. The molecule has 1 aromatic carbocycles. The molecular weight excluding hydrogens is 406 g/mol. The lowest BCUT2D eigenvalue weighted by molar-refractivity contribution is 0.0240. The van der Waals surface area contributed by atoms with Gasteiger partial charge in [-0.2, -0.15) is 0 Å². The number of hydrogen-bond donors (Lipinski definition) is 0. The van der Waals surface area contributed by atoms with Crippen molar-refractivity contribution in [1.82, 2.24) is 4.90 Å². The summed E-state index contributed by atoms with van der Waals surface area (Å²) in [6.07, 6.45) is -0.361. The van der Waals surface area contributed by atoms with E-state index in [2.05, 4.69) is 10.0 Å². The second-order valence-electron chi connectivity index (χ2n) is 7.58. The standard InChI is InChI=1S/C17H24ClN5O4S/c1-12-13(11-28(18,25)26)9-14(10-15(12)20-21-19)22-5-7-23(8-6-22)16(24)27-17(2,3)4/h9-10H,5-8,11H2,1-4H3. The number of amides is 1. The van der Waals surface area contributed by atoms with E-state index >= 15 is 0 Å². The third kappa shape index (κ3) is 6.19.